The van der Waals surface area contributed by atoms with Gasteiger partial charge in [-0.2, -0.15) is 0 Å². The van der Waals surface area contributed by atoms with E-state index in [1.165, 1.54) is 11.1 Å². The third kappa shape index (κ3) is 5.13. The Kier molecular flexibility index (Phi) is 5.75. The molecular formula is C21H23N3O. The normalized spacial score (nSPS) is 12.0. The molecule has 0 aliphatic heterocycles. The molecule has 3 rings (SSSR count). The molecule has 25 heavy (non-hydrogen) atoms. The summed E-state index contributed by atoms with van der Waals surface area (Å²) in [5.41, 5.74) is 10.5. The molecule has 3 aromatic rings. The van der Waals surface area contributed by atoms with Gasteiger partial charge in [-0.25, -0.2) is 4.98 Å². The summed E-state index contributed by atoms with van der Waals surface area (Å²) < 4.78 is 0. The zero-order valence-corrected chi connectivity index (χ0v) is 14.2. The molecule has 4 nitrogen and oxygen atoms in total. The van der Waals surface area contributed by atoms with E-state index in [9.17, 15) is 4.79 Å². The lowest BCUT2D eigenvalue weighted by Gasteiger charge is -2.10. The van der Waals surface area contributed by atoms with Crippen molar-refractivity contribution in [3.05, 3.63) is 89.5 Å². The monoisotopic (exact) mass is 333 g/mol. The van der Waals surface area contributed by atoms with Crippen molar-refractivity contribution in [1.82, 2.24) is 9.97 Å². The number of nitrogens with one attached hydrogen (secondary N) is 1. The van der Waals surface area contributed by atoms with Gasteiger partial charge in [0.05, 0.1) is 12.4 Å². The first-order chi connectivity index (χ1) is 12.2. The van der Waals surface area contributed by atoms with Gasteiger partial charge >= 0.3 is 0 Å². The van der Waals surface area contributed by atoms with Crippen molar-refractivity contribution >= 4 is 5.78 Å². The minimum absolute atomic E-state index is 0.0478. The molecule has 0 saturated carbocycles. The number of aryl methyl sites for hydroxylation is 2. The fraction of sp³-hybridized carbons (Fsp3) is 0.238. The number of nitrogens with two attached hydrogens (primary N) is 1. The standard InChI is InChI=1S/C21H23N3O/c22-20(13-19-14-23-15-24-19)21(25)12-18-10-8-17(9-11-18)7-6-16-4-2-1-3-5-16/h1-5,8-11,14-15,20H,6-7,12-13,22H2,(H,23,24). The van der Waals surface area contributed by atoms with Gasteiger partial charge in [0, 0.05) is 24.7 Å². The number of aromatic nitrogens is 2. The first-order valence-corrected chi connectivity index (χ1v) is 8.58. The van der Waals surface area contributed by atoms with Gasteiger partial charge in [-0.05, 0) is 29.5 Å². The van der Waals surface area contributed by atoms with E-state index in [0.717, 1.165) is 24.1 Å². The fourth-order valence-corrected chi connectivity index (χ4v) is 2.84. The Morgan fingerprint density at radius 1 is 0.960 bits per heavy atom. The highest BCUT2D eigenvalue weighted by atomic mass is 16.1. The molecule has 0 aliphatic carbocycles. The van der Waals surface area contributed by atoms with Gasteiger partial charge in [0.15, 0.2) is 5.78 Å². The fourth-order valence-electron chi connectivity index (χ4n) is 2.84. The van der Waals surface area contributed by atoms with Crippen LogP contribution < -0.4 is 5.73 Å². The van der Waals surface area contributed by atoms with Crippen LogP contribution in [0.3, 0.4) is 0 Å². The Hall–Kier alpha value is -2.72. The summed E-state index contributed by atoms with van der Waals surface area (Å²) in [6.07, 6.45) is 6.18. The highest BCUT2D eigenvalue weighted by Crippen LogP contribution is 2.11. The molecule has 4 heteroatoms. The Morgan fingerprint density at radius 3 is 2.24 bits per heavy atom. The number of hydrogen-bond donors (Lipinski definition) is 2. The van der Waals surface area contributed by atoms with Crippen LogP contribution in [0.4, 0.5) is 0 Å². The van der Waals surface area contributed by atoms with Crippen LogP contribution in [0.15, 0.2) is 67.1 Å². The zero-order valence-electron chi connectivity index (χ0n) is 14.2. The largest absolute Gasteiger partial charge is 0.348 e. The van der Waals surface area contributed by atoms with Gasteiger partial charge in [0.25, 0.3) is 0 Å². The average molecular weight is 333 g/mol. The summed E-state index contributed by atoms with van der Waals surface area (Å²) >= 11 is 0. The number of carbonyl (C=O) groups excluding carboxylic acids is 1. The topological polar surface area (TPSA) is 71.8 Å². The third-order valence-electron chi connectivity index (χ3n) is 4.35. The Bertz CT molecular complexity index is 780. The minimum atomic E-state index is -0.502. The maximum atomic E-state index is 12.3. The molecule has 3 N–H and O–H groups in total. The Balaban J connectivity index is 1.50. The van der Waals surface area contributed by atoms with E-state index in [-0.39, 0.29) is 5.78 Å². The third-order valence-corrected chi connectivity index (χ3v) is 4.35. The van der Waals surface area contributed by atoms with Gasteiger partial charge in [-0.3, -0.25) is 4.79 Å². The number of Topliss-reactive ketones (excluding diaryl/α,β-unsaturated/α-hetero) is 1. The number of benzene rings is 2. The molecule has 0 aliphatic rings. The van der Waals surface area contributed by atoms with E-state index in [4.69, 9.17) is 5.73 Å². The first kappa shape index (κ1) is 17.1. The van der Waals surface area contributed by atoms with Crippen molar-refractivity contribution in [2.75, 3.05) is 0 Å². The van der Waals surface area contributed by atoms with Crippen molar-refractivity contribution in [2.24, 2.45) is 5.73 Å². The molecular weight excluding hydrogens is 310 g/mol. The van der Waals surface area contributed by atoms with Crippen molar-refractivity contribution in [1.29, 1.82) is 0 Å². The van der Waals surface area contributed by atoms with E-state index in [1.807, 2.05) is 18.2 Å². The highest BCUT2D eigenvalue weighted by molar-refractivity contribution is 5.86. The van der Waals surface area contributed by atoms with E-state index < -0.39 is 6.04 Å². The number of carbonyl (C=O) groups is 1. The average Bonchev–Trinajstić information content (AvgIpc) is 3.15. The molecule has 1 atom stereocenters. The van der Waals surface area contributed by atoms with E-state index >= 15 is 0 Å². The highest BCUT2D eigenvalue weighted by Gasteiger charge is 2.15. The number of aromatic amines is 1. The van der Waals surface area contributed by atoms with Crippen molar-refractivity contribution in [3.63, 3.8) is 0 Å². The lowest BCUT2D eigenvalue weighted by atomic mass is 9.98. The van der Waals surface area contributed by atoms with Crippen LogP contribution in [0, 0.1) is 0 Å². The predicted octanol–water partition coefficient (Wildman–Crippen LogP) is 2.88. The van der Waals surface area contributed by atoms with Crippen molar-refractivity contribution < 1.29 is 4.79 Å². The van der Waals surface area contributed by atoms with Gasteiger partial charge in [0.2, 0.25) is 0 Å². The first-order valence-electron chi connectivity index (χ1n) is 8.58. The van der Waals surface area contributed by atoms with Crippen LogP contribution >= 0.6 is 0 Å². The summed E-state index contributed by atoms with van der Waals surface area (Å²) in [4.78, 5) is 19.2. The van der Waals surface area contributed by atoms with Crippen LogP contribution in [0.2, 0.25) is 0 Å². The van der Waals surface area contributed by atoms with Gasteiger partial charge in [-0.1, -0.05) is 54.6 Å². The second-order valence-corrected chi connectivity index (χ2v) is 6.33. The molecule has 2 aromatic carbocycles. The van der Waals surface area contributed by atoms with Crippen LogP contribution in [-0.2, 0) is 30.5 Å². The van der Waals surface area contributed by atoms with Crippen LogP contribution in [0.5, 0.6) is 0 Å². The molecule has 1 aromatic heterocycles. The van der Waals surface area contributed by atoms with Gasteiger partial charge in [0.1, 0.15) is 0 Å². The number of ketones is 1. The second kappa shape index (κ2) is 8.40. The molecule has 0 bridgehead atoms. The van der Waals surface area contributed by atoms with Crippen LogP contribution in [0.1, 0.15) is 22.4 Å². The molecule has 0 saturated heterocycles. The molecule has 0 amide bonds. The van der Waals surface area contributed by atoms with Gasteiger partial charge in [-0.15, -0.1) is 0 Å². The molecule has 0 spiro atoms. The zero-order chi connectivity index (χ0) is 17.5. The van der Waals surface area contributed by atoms with E-state index in [2.05, 4.69) is 46.4 Å². The molecule has 1 unspecified atom stereocenters. The van der Waals surface area contributed by atoms with Crippen LogP contribution in [-0.4, -0.2) is 21.8 Å². The second-order valence-electron chi connectivity index (χ2n) is 6.33. The van der Waals surface area contributed by atoms with Crippen molar-refractivity contribution in [2.45, 2.75) is 31.7 Å². The number of hydrogen-bond acceptors (Lipinski definition) is 3. The Labute approximate surface area is 148 Å². The SMILES string of the molecule is NC(Cc1cnc[nH]1)C(=O)Cc1ccc(CCc2ccccc2)cc1. The summed E-state index contributed by atoms with van der Waals surface area (Å²) in [5, 5.41) is 0. The number of nitrogens with zero attached hydrogens (tertiary/aromatic N) is 1. The number of H-pyrrole nitrogens is 1. The summed E-state index contributed by atoms with van der Waals surface area (Å²) in [5.74, 6) is 0.0478. The van der Waals surface area contributed by atoms with E-state index in [1.54, 1.807) is 12.5 Å². The summed E-state index contributed by atoms with van der Waals surface area (Å²) in [7, 11) is 0. The molecule has 1 heterocycles. The predicted molar refractivity (Wildman–Crippen MR) is 99.3 cm³/mol. The lowest BCUT2D eigenvalue weighted by Crippen LogP contribution is -2.34. The maximum Gasteiger partial charge on any atom is 0.154 e. The molecule has 0 radical (unpaired) electrons. The van der Waals surface area contributed by atoms with E-state index in [0.29, 0.717) is 12.8 Å². The Morgan fingerprint density at radius 2 is 1.60 bits per heavy atom. The number of rotatable bonds is 8. The minimum Gasteiger partial charge on any atom is -0.348 e. The van der Waals surface area contributed by atoms with Crippen LogP contribution in [0.25, 0.3) is 0 Å². The van der Waals surface area contributed by atoms with Crippen molar-refractivity contribution in [3.8, 4) is 0 Å². The quantitative estimate of drug-likeness (QED) is 0.666. The van der Waals surface area contributed by atoms with Gasteiger partial charge < -0.3 is 10.7 Å². The smallest absolute Gasteiger partial charge is 0.154 e. The molecule has 128 valence electrons. The lowest BCUT2D eigenvalue weighted by molar-refractivity contribution is -0.119. The number of imidazole rings is 1. The summed E-state index contributed by atoms with van der Waals surface area (Å²) in [6, 6.07) is 18.2. The summed E-state index contributed by atoms with van der Waals surface area (Å²) in [6.45, 7) is 0. The maximum absolute atomic E-state index is 12.3. The molecule has 0 fully saturated rings.